The molecule has 142 valence electrons. The van der Waals surface area contributed by atoms with Crippen LogP contribution in [0, 0.1) is 12.3 Å². The molecule has 0 saturated heterocycles. The molecule has 4 heterocycles. The van der Waals surface area contributed by atoms with E-state index in [1.54, 1.807) is 31.3 Å². The van der Waals surface area contributed by atoms with E-state index in [1.807, 2.05) is 13.0 Å². The quantitative estimate of drug-likeness (QED) is 0.433. The standard InChI is InChI=1S/C20H18N4O4/c1-3-27-20(26)14-10-15-18(24(16(14)21)11-13-7-5-9-28-13)22-17-12(2)6-4-8-23(17)19(15)25/h4-10,21H,3,11H2,1-2H3. The Bertz CT molecular complexity index is 1320. The average molecular weight is 378 g/mol. The number of rotatable bonds is 4. The van der Waals surface area contributed by atoms with E-state index in [0.717, 1.165) is 5.56 Å². The van der Waals surface area contributed by atoms with Crippen LogP contribution in [-0.4, -0.2) is 26.5 Å². The second-order valence-electron chi connectivity index (χ2n) is 6.33. The molecule has 1 N–H and O–H groups in total. The predicted octanol–water partition coefficient (Wildman–Crippen LogP) is 2.26. The Kier molecular flexibility index (Phi) is 4.31. The molecule has 0 aliphatic carbocycles. The first-order valence-corrected chi connectivity index (χ1v) is 8.81. The van der Waals surface area contributed by atoms with Gasteiger partial charge in [-0.05, 0) is 43.7 Å². The number of nitrogens with zero attached hydrogens (tertiary/aromatic N) is 3. The van der Waals surface area contributed by atoms with Gasteiger partial charge in [-0.3, -0.25) is 14.6 Å². The van der Waals surface area contributed by atoms with E-state index in [-0.39, 0.29) is 35.1 Å². The van der Waals surface area contributed by atoms with Gasteiger partial charge in [-0.15, -0.1) is 0 Å². The van der Waals surface area contributed by atoms with Crippen LogP contribution in [0.4, 0.5) is 0 Å². The fourth-order valence-corrected chi connectivity index (χ4v) is 3.17. The van der Waals surface area contributed by atoms with Crippen molar-refractivity contribution in [1.82, 2.24) is 14.0 Å². The minimum absolute atomic E-state index is 0.00686. The summed E-state index contributed by atoms with van der Waals surface area (Å²) in [6, 6.07) is 8.50. The fraction of sp³-hybridized carbons (Fsp3) is 0.200. The molecule has 0 aromatic carbocycles. The Morgan fingerprint density at radius 1 is 1.29 bits per heavy atom. The van der Waals surface area contributed by atoms with Crippen molar-refractivity contribution in [2.75, 3.05) is 6.61 Å². The zero-order valence-corrected chi connectivity index (χ0v) is 15.4. The molecule has 28 heavy (non-hydrogen) atoms. The number of hydrogen-bond acceptors (Lipinski definition) is 6. The summed E-state index contributed by atoms with van der Waals surface area (Å²) in [5.74, 6) is -0.0797. The first kappa shape index (κ1) is 17.7. The number of fused-ring (bicyclic) bond motifs is 2. The van der Waals surface area contributed by atoms with Gasteiger partial charge < -0.3 is 13.7 Å². The van der Waals surface area contributed by atoms with E-state index in [1.165, 1.54) is 21.3 Å². The summed E-state index contributed by atoms with van der Waals surface area (Å²) in [6.45, 7) is 3.87. The van der Waals surface area contributed by atoms with Crippen molar-refractivity contribution in [2.45, 2.75) is 20.4 Å². The molecule has 8 nitrogen and oxygen atoms in total. The Labute approximate surface area is 159 Å². The number of esters is 1. The van der Waals surface area contributed by atoms with Gasteiger partial charge in [-0.2, -0.15) is 0 Å². The molecule has 0 saturated carbocycles. The van der Waals surface area contributed by atoms with E-state index in [4.69, 9.17) is 14.6 Å². The van der Waals surface area contributed by atoms with Gasteiger partial charge in [-0.25, -0.2) is 9.78 Å². The van der Waals surface area contributed by atoms with Crippen LogP contribution in [0.15, 0.2) is 52.0 Å². The van der Waals surface area contributed by atoms with Gasteiger partial charge in [0.1, 0.15) is 28.1 Å². The lowest BCUT2D eigenvalue weighted by atomic mass is 10.2. The molecular weight excluding hydrogens is 360 g/mol. The highest BCUT2D eigenvalue weighted by molar-refractivity contribution is 5.93. The highest BCUT2D eigenvalue weighted by Crippen LogP contribution is 2.14. The number of carbonyl (C=O) groups is 1. The molecule has 0 atom stereocenters. The number of aryl methyl sites for hydroxylation is 1. The van der Waals surface area contributed by atoms with Crippen molar-refractivity contribution < 1.29 is 13.9 Å². The van der Waals surface area contributed by atoms with Crippen molar-refractivity contribution in [3.05, 3.63) is 75.5 Å². The summed E-state index contributed by atoms with van der Waals surface area (Å²) in [5, 5.41) is 8.77. The summed E-state index contributed by atoms with van der Waals surface area (Å²) in [4.78, 5) is 30.1. The highest BCUT2D eigenvalue weighted by atomic mass is 16.5. The summed E-state index contributed by atoms with van der Waals surface area (Å²) >= 11 is 0. The largest absolute Gasteiger partial charge is 0.467 e. The second-order valence-corrected chi connectivity index (χ2v) is 6.33. The van der Waals surface area contributed by atoms with Crippen molar-refractivity contribution >= 4 is 22.6 Å². The number of nitrogens with one attached hydrogen (secondary N) is 1. The van der Waals surface area contributed by atoms with E-state index in [2.05, 4.69) is 4.98 Å². The van der Waals surface area contributed by atoms with Crippen LogP contribution < -0.4 is 11.0 Å². The smallest absolute Gasteiger partial charge is 0.341 e. The van der Waals surface area contributed by atoms with E-state index >= 15 is 0 Å². The van der Waals surface area contributed by atoms with Gasteiger partial charge in [0.25, 0.3) is 5.56 Å². The number of furan rings is 1. The van der Waals surface area contributed by atoms with E-state index in [9.17, 15) is 9.59 Å². The van der Waals surface area contributed by atoms with Crippen molar-refractivity contribution in [3.63, 3.8) is 0 Å². The molecule has 0 fully saturated rings. The third-order valence-corrected chi connectivity index (χ3v) is 4.52. The third-order valence-electron chi connectivity index (χ3n) is 4.52. The van der Waals surface area contributed by atoms with Crippen molar-refractivity contribution in [1.29, 1.82) is 5.41 Å². The number of aromatic nitrogens is 3. The molecule has 0 aliphatic heterocycles. The normalized spacial score (nSPS) is 11.2. The average Bonchev–Trinajstić information content (AvgIpc) is 3.18. The van der Waals surface area contributed by atoms with Crippen LogP contribution in [0.1, 0.15) is 28.6 Å². The number of hydrogen-bond donors (Lipinski definition) is 1. The third kappa shape index (κ3) is 2.79. The maximum absolute atomic E-state index is 13.1. The molecule has 0 unspecified atom stereocenters. The van der Waals surface area contributed by atoms with Gasteiger partial charge >= 0.3 is 5.97 Å². The molecule has 0 spiro atoms. The minimum Gasteiger partial charge on any atom is -0.467 e. The molecule has 8 heteroatoms. The first-order valence-electron chi connectivity index (χ1n) is 8.81. The Hall–Kier alpha value is -3.68. The zero-order valence-electron chi connectivity index (χ0n) is 15.4. The molecule has 4 aromatic heterocycles. The summed E-state index contributed by atoms with van der Waals surface area (Å²) in [5.41, 5.74) is 1.24. The second kappa shape index (κ2) is 6.80. The van der Waals surface area contributed by atoms with Crippen molar-refractivity contribution in [2.24, 2.45) is 0 Å². The molecular formula is C20H18N4O4. The van der Waals surface area contributed by atoms with Gasteiger partial charge in [0.2, 0.25) is 0 Å². The van der Waals surface area contributed by atoms with Crippen LogP contribution in [0.25, 0.3) is 16.7 Å². The SMILES string of the molecule is CCOC(=O)c1cc2c(=O)n3cccc(C)c3nc2n(Cc2ccco2)c1=N. The Morgan fingerprint density at radius 2 is 2.11 bits per heavy atom. The summed E-state index contributed by atoms with van der Waals surface area (Å²) < 4.78 is 13.4. The van der Waals surface area contributed by atoms with Gasteiger partial charge in [0.05, 0.1) is 24.8 Å². The molecule has 0 bridgehead atoms. The van der Waals surface area contributed by atoms with Crippen LogP contribution in [0.5, 0.6) is 0 Å². The van der Waals surface area contributed by atoms with E-state index < -0.39 is 5.97 Å². The van der Waals surface area contributed by atoms with Crippen LogP contribution in [0.2, 0.25) is 0 Å². The summed E-state index contributed by atoms with van der Waals surface area (Å²) in [7, 11) is 0. The van der Waals surface area contributed by atoms with Gasteiger partial charge in [-0.1, -0.05) is 6.07 Å². The van der Waals surface area contributed by atoms with Crippen molar-refractivity contribution in [3.8, 4) is 0 Å². The van der Waals surface area contributed by atoms with Crippen LogP contribution in [-0.2, 0) is 11.3 Å². The Balaban J connectivity index is 2.12. The lowest BCUT2D eigenvalue weighted by Gasteiger charge is -2.14. The lowest BCUT2D eigenvalue weighted by Crippen LogP contribution is -2.31. The summed E-state index contributed by atoms with van der Waals surface area (Å²) in [6.07, 6.45) is 3.16. The molecule has 0 aliphatic rings. The fourth-order valence-electron chi connectivity index (χ4n) is 3.17. The minimum atomic E-state index is -0.656. The predicted molar refractivity (Wildman–Crippen MR) is 101 cm³/mol. The van der Waals surface area contributed by atoms with Crippen LogP contribution in [0.3, 0.4) is 0 Å². The lowest BCUT2D eigenvalue weighted by molar-refractivity contribution is 0.0523. The monoisotopic (exact) mass is 378 g/mol. The number of carbonyl (C=O) groups excluding carboxylic acids is 1. The topological polar surface area (TPSA) is 103 Å². The Morgan fingerprint density at radius 3 is 2.82 bits per heavy atom. The van der Waals surface area contributed by atoms with Gasteiger partial charge in [0, 0.05) is 6.20 Å². The van der Waals surface area contributed by atoms with Crippen LogP contribution >= 0.6 is 0 Å². The maximum atomic E-state index is 13.1. The van der Waals surface area contributed by atoms with Gasteiger partial charge in [0.15, 0.2) is 0 Å². The molecule has 4 aromatic rings. The first-order chi connectivity index (χ1) is 13.5. The molecule has 4 rings (SSSR count). The number of pyridine rings is 2. The zero-order chi connectivity index (χ0) is 19.8. The molecule has 0 radical (unpaired) electrons. The number of ether oxygens (including phenoxy) is 1. The maximum Gasteiger partial charge on any atom is 0.341 e. The molecule has 0 amide bonds. The highest BCUT2D eigenvalue weighted by Gasteiger charge is 2.19. The van der Waals surface area contributed by atoms with E-state index in [0.29, 0.717) is 17.1 Å².